The Labute approximate surface area is 164 Å². The van der Waals surface area contributed by atoms with Crippen molar-refractivity contribution < 1.29 is 9.53 Å². The first-order chi connectivity index (χ1) is 13.4. The molecule has 1 aliphatic heterocycles. The zero-order chi connectivity index (χ0) is 19.7. The van der Waals surface area contributed by atoms with Gasteiger partial charge in [0.25, 0.3) is 0 Å². The molecule has 1 amide bonds. The molecule has 0 radical (unpaired) electrons. The predicted octanol–water partition coefficient (Wildman–Crippen LogP) is 2.91. The lowest BCUT2D eigenvalue weighted by Gasteiger charge is -2.31. The highest BCUT2D eigenvalue weighted by Gasteiger charge is 2.24. The Hall–Kier alpha value is -2.61. The number of alkyl carbamates (subject to hydrolysis) is 1. The zero-order valence-electron chi connectivity index (χ0n) is 16.7. The molecular weight excluding hydrogens is 356 g/mol. The number of hydrogen-bond acceptors (Lipinski definition) is 5. The van der Waals surface area contributed by atoms with Crippen molar-refractivity contribution in [2.75, 3.05) is 26.2 Å². The molecule has 8 nitrogen and oxygen atoms in total. The highest BCUT2D eigenvalue weighted by atomic mass is 16.6. The number of fused-ring (bicyclic) bond motifs is 3. The van der Waals surface area contributed by atoms with E-state index < -0.39 is 5.60 Å². The van der Waals surface area contributed by atoms with E-state index in [2.05, 4.69) is 35.6 Å². The standard InChI is InChI=1S/C20H28N6O2/c1-20(2,3)28-19(27)22-8-11-25-9-5-14(6-10-25)16-12-23-17-13-24-18-15(26(16)17)4-7-21-18/h4,7,12-14,21H,5-6,8-11H2,1-3H3,(H,22,27). The second kappa shape index (κ2) is 7.43. The molecule has 0 saturated carbocycles. The number of carbonyl (C=O) groups excluding carboxylic acids is 1. The molecule has 1 fully saturated rings. The number of aromatic nitrogens is 4. The second-order valence-corrected chi connectivity index (χ2v) is 8.39. The molecule has 2 N–H and O–H groups in total. The number of nitrogens with one attached hydrogen (secondary N) is 2. The summed E-state index contributed by atoms with van der Waals surface area (Å²) in [6.45, 7) is 9.07. The molecule has 0 unspecified atom stereocenters. The third kappa shape index (κ3) is 3.96. The van der Waals surface area contributed by atoms with E-state index in [1.165, 1.54) is 5.69 Å². The van der Waals surface area contributed by atoms with E-state index in [4.69, 9.17) is 4.74 Å². The summed E-state index contributed by atoms with van der Waals surface area (Å²) in [7, 11) is 0. The van der Waals surface area contributed by atoms with Crippen LogP contribution in [0.15, 0.2) is 24.7 Å². The lowest BCUT2D eigenvalue weighted by atomic mass is 9.94. The number of H-pyrrole nitrogens is 1. The predicted molar refractivity (Wildman–Crippen MR) is 107 cm³/mol. The lowest BCUT2D eigenvalue weighted by molar-refractivity contribution is 0.0520. The van der Waals surface area contributed by atoms with Crippen molar-refractivity contribution >= 4 is 22.9 Å². The molecule has 1 saturated heterocycles. The van der Waals surface area contributed by atoms with Crippen molar-refractivity contribution in [2.45, 2.75) is 45.1 Å². The van der Waals surface area contributed by atoms with Gasteiger partial charge in [-0.15, -0.1) is 0 Å². The average Bonchev–Trinajstić information content (AvgIpc) is 3.27. The normalized spacial score (nSPS) is 16.7. The molecular formula is C20H28N6O2. The Morgan fingerprint density at radius 2 is 2.07 bits per heavy atom. The SMILES string of the molecule is CC(C)(C)OC(=O)NCCN1CCC(c2cnc3cnc4[nH]ccc4n23)CC1. The summed E-state index contributed by atoms with van der Waals surface area (Å²) < 4.78 is 7.50. The quantitative estimate of drug-likeness (QED) is 0.722. The molecule has 3 aromatic heterocycles. The minimum absolute atomic E-state index is 0.350. The van der Waals surface area contributed by atoms with Gasteiger partial charge in [0.05, 0.1) is 11.7 Å². The Bertz CT molecular complexity index is 962. The molecule has 3 aromatic rings. The number of amides is 1. The molecule has 0 atom stereocenters. The van der Waals surface area contributed by atoms with Gasteiger partial charge in [-0.25, -0.2) is 14.8 Å². The number of imidazole rings is 1. The summed E-state index contributed by atoms with van der Waals surface area (Å²) in [6.07, 6.45) is 7.54. The first-order valence-corrected chi connectivity index (χ1v) is 9.89. The maximum absolute atomic E-state index is 11.7. The minimum Gasteiger partial charge on any atom is -0.444 e. The summed E-state index contributed by atoms with van der Waals surface area (Å²) >= 11 is 0. The first kappa shape index (κ1) is 18.7. The zero-order valence-corrected chi connectivity index (χ0v) is 16.7. The van der Waals surface area contributed by atoms with Gasteiger partial charge in [0, 0.05) is 37.1 Å². The number of aromatic amines is 1. The van der Waals surface area contributed by atoms with E-state index in [0.717, 1.165) is 49.3 Å². The number of hydrogen-bond donors (Lipinski definition) is 2. The molecule has 0 aromatic carbocycles. The number of likely N-dealkylation sites (tertiary alicyclic amines) is 1. The van der Waals surface area contributed by atoms with E-state index in [9.17, 15) is 4.79 Å². The van der Waals surface area contributed by atoms with Crippen LogP contribution in [-0.2, 0) is 4.74 Å². The molecule has 0 aliphatic carbocycles. The van der Waals surface area contributed by atoms with Crippen LogP contribution >= 0.6 is 0 Å². The van der Waals surface area contributed by atoms with Gasteiger partial charge in [-0.3, -0.25) is 4.40 Å². The Morgan fingerprint density at radius 1 is 1.29 bits per heavy atom. The van der Waals surface area contributed by atoms with E-state index in [1.54, 1.807) is 0 Å². The molecule has 1 aliphatic rings. The fourth-order valence-corrected chi connectivity index (χ4v) is 3.86. The number of rotatable bonds is 4. The highest BCUT2D eigenvalue weighted by Crippen LogP contribution is 2.30. The molecule has 4 heterocycles. The maximum atomic E-state index is 11.7. The van der Waals surface area contributed by atoms with Crippen LogP contribution in [0.3, 0.4) is 0 Å². The van der Waals surface area contributed by atoms with Crippen molar-refractivity contribution in [3.8, 4) is 0 Å². The van der Waals surface area contributed by atoms with E-state index in [1.807, 2.05) is 39.4 Å². The monoisotopic (exact) mass is 384 g/mol. The van der Waals surface area contributed by atoms with Crippen molar-refractivity contribution in [3.63, 3.8) is 0 Å². The van der Waals surface area contributed by atoms with Crippen LogP contribution in [0.1, 0.15) is 45.2 Å². The number of piperidine rings is 1. The number of ether oxygens (including phenoxy) is 1. The van der Waals surface area contributed by atoms with Crippen LogP contribution in [0.25, 0.3) is 16.8 Å². The van der Waals surface area contributed by atoms with Crippen LogP contribution in [0.5, 0.6) is 0 Å². The second-order valence-electron chi connectivity index (χ2n) is 8.39. The van der Waals surface area contributed by atoms with Gasteiger partial charge in [-0.2, -0.15) is 0 Å². The lowest BCUT2D eigenvalue weighted by Crippen LogP contribution is -2.40. The van der Waals surface area contributed by atoms with Gasteiger partial charge in [-0.05, 0) is 52.8 Å². The molecule has 8 heteroatoms. The minimum atomic E-state index is -0.461. The smallest absolute Gasteiger partial charge is 0.407 e. The summed E-state index contributed by atoms with van der Waals surface area (Å²) in [5.41, 5.74) is 3.66. The van der Waals surface area contributed by atoms with E-state index in [0.29, 0.717) is 12.5 Å². The molecule has 0 spiro atoms. The molecule has 28 heavy (non-hydrogen) atoms. The third-order valence-corrected chi connectivity index (χ3v) is 5.17. The van der Waals surface area contributed by atoms with Crippen molar-refractivity contribution in [1.82, 2.24) is 29.6 Å². The first-order valence-electron chi connectivity index (χ1n) is 9.89. The van der Waals surface area contributed by atoms with Crippen molar-refractivity contribution in [2.24, 2.45) is 0 Å². The van der Waals surface area contributed by atoms with Crippen LogP contribution in [0, 0.1) is 0 Å². The number of nitrogens with zero attached hydrogens (tertiary/aromatic N) is 4. The average molecular weight is 384 g/mol. The molecule has 0 bridgehead atoms. The summed E-state index contributed by atoms with van der Waals surface area (Å²) in [6, 6.07) is 2.05. The fraction of sp³-hybridized carbons (Fsp3) is 0.550. The summed E-state index contributed by atoms with van der Waals surface area (Å²) in [4.78, 5) is 26.3. The molecule has 150 valence electrons. The van der Waals surface area contributed by atoms with Crippen LogP contribution in [0.2, 0.25) is 0 Å². The van der Waals surface area contributed by atoms with Crippen LogP contribution in [-0.4, -0.2) is 62.1 Å². The van der Waals surface area contributed by atoms with Crippen molar-refractivity contribution in [1.29, 1.82) is 0 Å². The molecule has 4 rings (SSSR count). The summed E-state index contributed by atoms with van der Waals surface area (Å²) in [5, 5.41) is 2.84. The van der Waals surface area contributed by atoms with Gasteiger partial charge < -0.3 is 19.9 Å². The number of carbonyl (C=O) groups is 1. The van der Waals surface area contributed by atoms with Crippen LogP contribution < -0.4 is 5.32 Å². The fourth-order valence-electron chi connectivity index (χ4n) is 3.86. The van der Waals surface area contributed by atoms with Crippen molar-refractivity contribution in [3.05, 3.63) is 30.4 Å². The summed E-state index contributed by atoms with van der Waals surface area (Å²) in [5.74, 6) is 0.477. The third-order valence-electron chi connectivity index (χ3n) is 5.17. The van der Waals surface area contributed by atoms with E-state index in [-0.39, 0.29) is 6.09 Å². The maximum Gasteiger partial charge on any atom is 0.407 e. The Kier molecular flexibility index (Phi) is 4.97. The highest BCUT2D eigenvalue weighted by molar-refractivity contribution is 5.74. The van der Waals surface area contributed by atoms with Gasteiger partial charge in [0.1, 0.15) is 5.60 Å². The topological polar surface area (TPSA) is 87.5 Å². The largest absolute Gasteiger partial charge is 0.444 e. The van der Waals surface area contributed by atoms with Gasteiger partial charge >= 0.3 is 6.09 Å². The Balaban J connectivity index is 1.33. The Morgan fingerprint density at radius 3 is 2.82 bits per heavy atom. The van der Waals surface area contributed by atoms with Gasteiger partial charge in [0.15, 0.2) is 11.3 Å². The van der Waals surface area contributed by atoms with Gasteiger partial charge in [0.2, 0.25) is 0 Å². The van der Waals surface area contributed by atoms with Gasteiger partial charge in [-0.1, -0.05) is 0 Å². The van der Waals surface area contributed by atoms with Crippen LogP contribution in [0.4, 0.5) is 4.79 Å². The van der Waals surface area contributed by atoms with E-state index >= 15 is 0 Å².